The van der Waals surface area contributed by atoms with Gasteiger partial charge in [0.15, 0.2) is 0 Å². The molecule has 0 radical (unpaired) electrons. The summed E-state index contributed by atoms with van der Waals surface area (Å²) in [5.74, 6) is -0.956. The van der Waals surface area contributed by atoms with E-state index in [1.165, 1.54) is 0 Å². The van der Waals surface area contributed by atoms with Crippen LogP contribution in [0.4, 0.5) is 0 Å². The van der Waals surface area contributed by atoms with E-state index in [-0.39, 0.29) is 12.1 Å². The van der Waals surface area contributed by atoms with Crippen molar-refractivity contribution in [3.05, 3.63) is 33.8 Å². The number of aromatic carboxylic acids is 1. The van der Waals surface area contributed by atoms with Gasteiger partial charge in [0.1, 0.15) is 0 Å². The van der Waals surface area contributed by atoms with Gasteiger partial charge in [-0.2, -0.15) is 0 Å². The molecule has 4 heteroatoms. The van der Waals surface area contributed by atoms with Gasteiger partial charge in [0.2, 0.25) is 0 Å². The molecule has 3 N–H and O–H groups in total. The fourth-order valence-corrected chi connectivity index (χ4v) is 1.56. The molecule has 0 saturated carbocycles. The molecule has 0 bridgehead atoms. The Kier molecular flexibility index (Phi) is 2.83. The first-order valence-electron chi connectivity index (χ1n) is 3.37. The summed E-state index contributed by atoms with van der Waals surface area (Å²) >= 11 is 3.15. The van der Waals surface area contributed by atoms with E-state index in [9.17, 15) is 4.79 Å². The van der Waals surface area contributed by atoms with Gasteiger partial charge in [0.05, 0.1) is 5.56 Å². The number of carbonyl (C=O) groups is 1. The minimum atomic E-state index is -0.956. The van der Waals surface area contributed by atoms with Crippen LogP contribution in [-0.2, 0) is 6.54 Å². The van der Waals surface area contributed by atoms with E-state index in [2.05, 4.69) is 15.9 Å². The topological polar surface area (TPSA) is 63.3 Å². The second-order valence-corrected chi connectivity index (χ2v) is 3.14. The second-order valence-electron chi connectivity index (χ2n) is 2.28. The van der Waals surface area contributed by atoms with Crippen LogP contribution in [0.25, 0.3) is 0 Å². The zero-order chi connectivity index (χ0) is 9.14. The minimum Gasteiger partial charge on any atom is -0.478 e. The zero-order valence-electron chi connectivity index (χ0n) is 6.25. The van der Waals surface area contributed by atoms with Crippen molar-refractivity contribution in [1.82, 2.24) is 0 Å². The van der Waals surface area contributed by atoms with Gasteiger partial charge in [0, 0.05) is 11.0 Å². The fourth-order valence-electron chi connectivity index (χ4n) is 0.978. The molecule has 0 aliphatic carbocycles. The summed E-state index contributed by atoms with van der Waals surface area (Å²) in [6.07, 6.45) is 0. The first-order chi connectivity index (χ1) is 5.66. The lowest BCUT2D eigenvalue weighted by Crippen LogP contribution is -2.07. The Labute approximate surface area is 78.3 Å². The van der Waals surface area contributed by atoms with Crippen LogP contribution >= 0.6 is 15.9 Å². The maximum atomic E-state index is 10.7. The lowest BCUT2D eigenvalue weighted by Gasteiger charge is -2.04. The van der Waals surface area contributed by atoms with E-state index in [1.807, 2.05) is 0 Å². The van der Waals surface area contributed by atoms with Crippen molar-refractivity contribution in [2.45, 2.75) is 6.54 Å². The van der Waals surface area contributed by atoms with Crippen LogP contribution in [0.3, 0.4) is 0 Å². The third-order valence-electron chi connectivity index (χ3n) is 1.53. The van der Waals surface area contributed by atoms with Crippen LogP contribution in [0.2, 0.25) is 0 Å². The van der Waals surface area contributed by atoms with Crippen LogP contribution in [0.15, 0.2) is 22.7 Å². The molecule has 1 aromatic rings. The summed E-state index contributed by atoms with van der Waals surface area (Å²) in [5.41, 5.74) is 6.26. The molecule has 0 amide bonds. The maximum absolute atomic E-state index is 10.7. The highest BCUT2D eigenvalue weighted by Crippen LogP contribution is 2.20. The molecular weight excluding hydrogens is 222 g/mol. The number of hydrogen-bond acceptors (Lipinski definition) is 2. The van der Waals surface area contributed by atoms with E-state index in [0.717, 1.165) is 0 Å². The second kappa shape index (κ2) is 3.69. The van der Waals surface area contributed by atoms with Crippen molar-refractivity contribution >= 4 is 21.9 Å². The maximum Gasteiger partial charge on any atom is 0.337 e. The average molecular weight is 230 g/mol. The highest BCUT2D eigenvalue weighted by molar-refractivity contribution is 9.10. The molecular formula is C8H8BrNO2. The SMILES string of the molecule is NCc1cccc(Br)c1C(=O)O. The third kappa shape index (κ3) is 1.65. The van der Waals surface area contributed by atoms with Gasteiger partial charge >= 0.3 is 5.97 Å². The molecule has 0 spiro atoms. The number of halogens is 1. The van der Waals surface area contributed by atoms with Crippen LogP contribution in [0.5, 0.6) is 0 Å². The molecule has 0 fully saturated rings. The first-order valence-corrected chi connectivity index (χ1v) is 4.17. The van der Waals surface area contributed by atoms with Crippen LogP contribution < -0.4 is 5.73 Å². The van der Waals surface area contributed by atoms with Gasteiger partial charge in [-0.3, -0.25) is 0 Å². The summed E-state index contributed by atoms with van der Waals surface area (Å²) in [6, 6.07) is 5.15. The first kappa shape index (κ1) is 9.22. The highest BCUT2D eigenvalue weighted by Gasteiger charge is 2.11. The molecule has 0 aromatic heterocycles. The number of hydrogen-bond donors (Lipinski definition) is 2. The van der Waals surface area contributed by atoms with Crippen LogP contribution in [0, 0.1) is 0 Å². The lowest BCUT2D eigenvalue weighted by molar-refractivity contribution is 0.0694. The number of rotatable bonds is 2. The molecule has 3 nitrogen and oxygen atoms in total. The lowest BCUT2D eigenvalue weighted by atomic mass is 10.1. The van der Waals surface area contributed by atoms with Gasteiger partial charge in [-0.15, -0.1) is 0 Å². The zero-order valence-corrected chi connectivity index (χ0v) is 7.84. The van der Waals surface area contributed by atoms with E-state index >= 15 is 0 Å². The Morgan fingerprint density at radius 1 is 1.58 bits per heavy atom. The smallest absolute Gasteiger partial charge is 0.337 e. The molecule has 0 atom stereocenters. The predicted molar refractivity (Wildman–Crippen MR) is 49.0 cm³/mol. The molecule has 0 aliphatic rings. The number of carboxylic acid groups (broad SMARTS) is 1. The molecule has 0 unspecified atom stereocenters. The van der Waals surface area contributed by atoms with Gasteiger partial charge < -0.3 is 10.8 Å². The number of carboxylic acids is 1. The Morgan fingerprint density at radius 2 is 2.25 bits per heavy atom. The van der Waals surface area contributed by atoms with Crippen molar-refractivity contribution < 1.29 is 9.90 Å². The number of benzene rings is 1. The molecule has 1 rings (SSSR count). The summed E-state index contributed by atoms with van der Waals surface area (Å²) < 4.78 is 0.568. The predicted octanol–water partition coefficient (Wildman–Crippen LogP) is 1.61. The van der Waals surface area contributed by atoms with Gasteiger partial charge in [0.25, 0.3) is 0 Å². The number of nitrogens with two attached hydrogens (primary N) is 1. The van der Waals surface area contributed by atoms with Gasteiger partial charge in [-0.05, 0) is 27.6 Å². The summed E-state index contributed by atoms with van der Waals surface area (Å²) in [5, 5.41) is 8.79. The molecule has 1 aromatic carbocycles. The summed E-state index contributed by atoms with van der Waals surface area (Å²) in [6.45, 7) is 0.237. The largest absolute Gasteiger partial charge is 0.478 e. The summed E-state index contributed by atoms with van der Waals surface area (Å²) in [7, 11) is 0. The monoisotopic (exact) mass is 229 g/mol. The molecule has 0 aliphatic heterocycles. The van der Waals surface area contributed by atoms with Gasteiger partial charge in [-0.25, -0.2) is 4.79 Å². The van der Waals surface area contributed by atoms with Crippen molar-refractivity contribution in [2.75, 3.05) is 0 Å². The van der Waals surface area contributed by atoms with Crippen LogP contribution in [-0.4, -0.2) is 11.1 Å². The third-order valence-corrected chi connectivity index (χ3v) is 2.19. The minimum absolute atomic E-state index is 0.237. The quantitative estimate of drug-likeness (QED) is 0.811. The van der Waals surface area contributed by atoms with Crippen molar-refractivity contribution in [2.24, 2.45) is 5.73 Å². The van der Waals surface area contributed by atoms with Crippen molar-refractivity contribution in [3.63, 3.8) is 0 Å². The average Bonchev–Trinajstić information content (AvgIpc) is 2.03. The van der Waals surface area contributed by atoms with Crippen LogP contribution in [0.1, 0.15) is 15.9 Å². The molecule has 64 valence electrons. The Morgan fingerprint density at radius 3 is 2.67 bits per heavy atom. The molecule has 0 saturated heterocycles. The van der Waals surface area contributed by atoms with E-state index in [1.54, 1.807) is 18.2 Å². The Balaban J connectivity index is 3.29. The fraction of sp³-hybridized carbons (Fsp3) is 0.125. The van der Waals surface area contributed by atoms with Crippen molar-refractivity contribution in [3.8, 4) is 0 Å². The Hall–Kier alpha value is -0.870. The standard InChI is InChI=1S/C8H8BrNO2/c9-6-3-1-2-5(4-10)7(6)8(11)12/h1-3H,4,10H2,(H,11,12). The van der Waals surface area contributed by atoms with E-state index < -0.39 is 5.97 Å². The Bertz CT molecular complexity index is 312. The highest BCUT2D eigenvalue weighted by atomic mass is 79.9. The van der Waals surface area contributed by atoms with Crippen molar-refractivity contribution in [1.29, 1.82) is 0 Å². The molecule has 12 heavy (non-hydrogen) atoms. The molecule has 0 heterocycles. The van der Waals surface area contributed by atoms with E-state index in [0.29, 0.717) is 10.0 Å². The normalized spacial score (nSPS) is 9.83. The van der Waals surface area contributed by atoms with Gasteiger partial charge in [-0.1, -0.05) is 12.1 Å². The summed E-state index contributed by atoms with van der Waals surface area (Å²) in [4.78, 5) is 10.7. The van der Waals surface area contributed by atoms with E-state index in [4.69, 9.17) is 10.8 Å².